The molecule has 124 valence electrons. The van der Waals surface area contributed by atoms with Crippen LogP contribution in [-0.2, 0) is 0 Å². The van der Waals surface area contributed by atoms with Crippen LogP contribution in [0, 0.1) is 10.8 Å². The monoisotopic (exact) mass is 317 g/mol. The molecule has 0 unspecified atom stereocenters. The first-order valence-corrected chi connectivity index (χ1v) is 8.69. The number of allylic oxidation sites excluding steroid dienone is 4. The molecule has 2 aromatic carbocycles. The second-order valence-electron chi connectivity index (χ2n) is 8.06. The summed E-state index contributed by atoms with van der Waals surface area (Å²) < 4.78 is 0. The molecule has 0 saturated carbocycles. The molecular weight excluding hydrogens is 290 g/mol. The lowest BCUT2D eigenvalue weighted by atomic mass is 9.81. The van der Waals surface area contributed by atoms with Gasteiger partial charge in [-0.2, -0.15) is 0 Å². The maximum absolute atomic E-state index is 8.79. The van der Waals surface area contributed by atoms with Gasteiger partial charge in [-0.15, -0.1) is 0 Å². The molecule has 0 heterocycles. The number of benzene rings is 2. The minimum absolute atomic E-state index is 0.165. The maximum Gasteiger partial charge on any atom is 0.0445 e. The van der Waals surface area contributed by atoms with E-state index in [1.165, 1.54) is 38.6 Å². The minimum Gasteiger partial charge on any atom is -0.304 e. The molecule has 3 rings (SSSR count). The van der Waals surface area contributed by atoms with Crippen LogP contribution in [0.5, 0.6) is 0 Å². The van der Waals surface area contributed by atoms with Crippen molar-refractivity contribution in [2.75, 3.05) is 0 Å². The van der Waals surface area contributed by atoms with E-state index in [4.69, 9.17) is 5.41 Å². The van der Waals surface area contributed by atoms with Crippen LogP contribution in [0.25, 0.3) is 16.3 Å². The van der Waals surface area contributed by atoms with Crippen molar-refractivity contribution in [1.82, 2.24) is 0 Å². The van der Waals surface area contributed by atoms with Crippen molar-refractivity contribution in [3.8, 4) is 0 Å². The van der Waals surface area contributed by atoms with E-state index in [1.807, 2.05) is 0 Å². The lowest BCUT2D eigenvalue weighted by Crippen LogP contribution is -2.21. The summed E-state index contributed by atoms with van der Waals surface area (Å²) in [5.41, 5.74) is 8.49. The highest BCUT2D eigenvalue weighted by Crippen LogP contribution is 2.41. The maximum atomic E-state index is 8.79. The van der Waals surface area contributed by atoms with Crippen molar-refractivity contribution in [1.29, 1.82) is 5.41 Å². The zero-order valence-corrected chi connectivity index (χ0v) is 15.7. The predicted molar refractivity (Wildman–Crippen MR) is 106 cm³/mol. The van der Waals surface area contributed by atoms with Gasteiger partial charge in [0, 0.05) is 16.7 Å². The molecule has 0 amide bonds. The Morgan fingerprint density at radius 3 is 2.00 bits per heavy atom. The van der Waals surface area contributed by atoms with Gasteiger partial charge in [0.25, 0.3) is 0 Å². The summed E-state index contributed by atoms with van der Waals surface area (Å²) in [5.74, 6) is 0. The van der Waals surface area contributed by atoms with Gasteiger partial charge in [0.05, 0.1) is 0 Å². The van der Waals surface area contributed by atoms with Crippen molar-refractivity contribution in [2.45, 2.75) is 48.0 Å². The molecule has 0 saturated heterocycles. The average Bonchev–Trinajstić information content (AvgIpc) is 2.79. The SMILES string of the molecule is CC1=C(C)C(C)=C(c2cc3ccccc3cc2C(=N)C(C)(C)C)C1. The molecule has 1 heteroatoms. The minimum atomic E-state index is -0.165. The molecule has 0 aliphatic heterocycles. The standard InChI is InChI=1S/C23H27N/c1-14-11-19(16(3)15(14)2)20-12-17-9-7-8-10-18(17)13-21(20)22(24)23(4,5)6/h7-10,12-13,24H,11H2,1-6H3. The normalized spacial score (nSPS) is 15.6. The molecule has 1 aliphatic carbocycles. The highest BCUT2D eigenvalue weighted by Gasteiger charge is 2.25. The van der Waals surface area contributed by atoms with Crippen LogP contribution in [0.3, 0.4) is 0 Å². The molecule has 0 bridgehead atoms. The number of hydrogen-bond acceptors (Lipinski definition) is 1. The van der Waals surface area contributed by atoms with E-state index >= 15 is 0 Å². The Bertz CT molecular complexity index is 901. The summed E-state index contributed by atoms with van der Waals surface area (Å²) in [4.78, 5) is 0. The van der Waals surface area contributed by atoms with Crippen LogP contribution in [0.15, 0.2) is 53.1 Å². The summed E-state index contributed by atoms with van der Waals surface area (Å²) >= 11 is 0. The number of hydrogen-bond donors (Lipinski definition) is 1. The fourth-order valence-electron chi connectivity index (χ4n) is 3.47. The molecule has 1 nitrogen and oxygen atoms in total. The highest BCUT2D eigenvalue weighted by atomic mass is 14.5. The van der Waals surface area contributed by atoms with E-state index in [0.717, 1.165) is 12.0 Å². The van der Waals surface area contributed by atoms with Crippen LogP contribution in [0.1, 0.15) is 59.1 Å². The lowest BCUT2D eigenvalue weighted by Gasteiger charge is -2.24. The van der Waals surface area contributed by atoms with E-state index < -0.39 is 0 Å². The van der Waals surface area contributed by atoms with E-state index in [0.29, 0.717) is 5.71 Å². The average molecular weight is 317 g/mol. The number of rotatable bonds is 2. The Morgan fingerprint density at radius 1 is 0.917 bits per heavy atom. The molecule has 0 spiro atoms. The van der Waals surface area contributed by atoms with E-state index in [-0.39, 0.29) is 5.41 Å². The van der Waals surface area contributed by atoms with E-state index in [9.17, 15) is 0 Å². The fraction of sp³-hybridized carbons (Fsp3) is 0.348. The second-order valence-corrected chi connectivity index (χ2v) is 8.06. The number of nitrogens with one attached hydrogen (secondary N) is 1. The topological polar surface area (TPSA) is 23.9 Å². The highest BCUT2D eigenvalue weighted by molar-refractivity contribution is 6.09. The van der Waals surface area contributed by atoms with Gasteiger partial charge in [-0.1, -0.05) is 50.6 Å². The third kappa shape index (κ3) is 2.73. The molecule has 0 aromatic heterocycles. The molecule has 0 fully saturated rings. The van der Waals surface area contributed by atoms with Crippen molar-refractivity contribution < 1.29 is 0 Å². The van der Waals surface area contributed by atoms with Gasteiger partial charge in [-0.25, -0.2) is 0 Å². The van der Waals surface area contributed by atoms with Crippen molar-refractivity contribution >= 4 is 22.1 Å². The Balaban J connectivity index is 2.28. The first-order valence-electron chi connectivity index (χ1n) is 8.69. The molecule has 1 aliphatic rings. The van der Waals surface area contributed by atoms with Crippen molar-refractivity contribution in [3.63, 3.8) is 0 Å². The Morgan fingerprint density at radius 2 is 1.50 bits per heavy atom. The first kappa shape index (κ1) is 16.7. The first-order chi connectivity index (χ1) is 11.2. The summed E-state index contributed by atoms with van der Waals surface area (Å²) in [6.07, 6.45) is 1.00. The summed E-state index contributed by atoms with van der Waals surface area (Å²) in [5, 5.41) is 11.3. The van der Waals surface area contributed by atoms with Crippen LogP contribution in [0.4, 0.5) is 0 Å². The zero-order valence-electron chi connectivity index (χ0n) is 15.7. The summed E-state index contributed by atoms with van der Waals surface area (Å²) in [6.45, 7) is 13.0. The Labute approximate surface area is 145 Å². The van der Waals surface area contributed by atoms with Crippen LogP contribution in [-0.4, -0.2) is 5.71 Å². The van der Waals surface area contributed by atoms with E-state index in [2.05, 4.69) is 77.9 Å². The molecule has 1 N–H and O–H groups in total. The van der Waals surface area contributed by atoms with E-state index in [1.54, 1.807) is 0 Å². The Hall–Kier alpha value is -2.15. The third-order valence-corrected chi connectivity index (χ3v) is 5.33. The number of fused-ring (bicyclic) bond motifs is 1. The lowest BCUT2D eigenvalue weighted by molar-refractivity contribution is 0.588. The van der Waals surface area contributed by atoms with Gasteiger partial charge in [0.1, 0.15) is 0 Å². The van der Waals surface area contributed by atoms with Crippen molar-refractivity contribution in [2.24, 2.45) is 5.41 Å². The molecule has 0 radical (unpaired) electrons. The van der Waals surface area contributed by atoms with Gasteiger partial charge in [-0.3, -0.25) is 0 Å². The predicted octanol–water partition coefficient (Wildman–Crippen LogP) is 6.77. The smallest absolute Gasteiger partial charge is 0.0445 e. The van der Waals surface area contributed by atoms with Gasteiger partial charge < -0.3 is 5.41 Å². The molecular formula is C23H27N. The van der Waals surface area contributed by atoms with Crippen LogP contribution >= 0.6 is 0 Å². The largest absolute Gasteiger partial charge is 0.304 e. The molecule has 2 aromatic rings. The van der Waals surface area contributed by atoms with Gasteiger partial charge in [0.2, 0.25) is 0 Å². The zero-order chi connectivity index (χ0) is 17.6. The molecule has 24 heavy (non-hydrogen) atoms. The summed E-state index contributed by atoms with van der Waals surface area (Å²) in [6, 6.07) is 13.0. The molecule has 0 atom stereocenters. The van der Waals surface area contributed by atoms with Gasteiger partial charge in [0.15, 0.2) is 0 Å². The second kappa shape index (κ2) is 5.73. The summed E-state index contributed by atoms with van der Waals surface area (Å²) in [7, 11) is 0. The van der Waals surface area contributed by atoms with Crippen LogP contribution in [0.2, 0.25) is 0 Å². The fourth-order valence-corrected chi connectivity index (χ4v) is 3.47. The van der Waals surface area contributed by atoms with Crippen molar-refractivity contribution in [3.05, 3.63) is 64.2 Å². The quantitative estimate of drug-likeness (QED) is 0.591. The third-order valence-electron chi connectivity index (χ3n) is 5.33. The van der Waals surface area contributed by atoms with Gasteiger partial charge >= 0.3 is 0 Å². The van der Waals surface area contributed by atoms with Crippen LogP contribution < -0.4 is 0 Å². The van der Waals surface area contributed by atoms with Gasteiger partial charge in [-0.05, 0) is 72.4 Å². The Kier molecular flexibility index (Phi) is 3.99.